The van der Waals surface area contributed by atoms with Crippen LogP contribution in [0, 0.1) is 0 Å². The minimum absolute atomic E-state index is 0.0615. The quantitative estimate of drug-likeness (QED) is 0.639. The van der Waals surface area contributed by atoms with Crippen LogP contribution in [0.25, 0.3) is 22.3 Å². The van der Waals surface area contributed by atoms with E-state index in [4.69, 9.17) is 9.15 Å². The standard InChI is InChI=1S/C21H21NO4/c1-22(2)11-12-25-20(24)13-16-9-6-10-17-18(23)14-19(26-21(16)17)15-7-4-3-5-8-15/h3-10,14H,11-13H2,1-2H3. The molecule has 0 atom stereocenters. The van der Waals surface area contributed by atoms with Crippen molar-refractivity contribution in [1.82, 2.24) is 4.90 Å². The van der Waals surface area contributed by atoms with Crippen molar-refractivity contribution in [1.29, 1.82) is 0 Å². The minimum atomic E-state index is -0.341. The van der Waals surface area contributed by atoms with E-state index in [1.165, 1.54) is 6.07 Å². The van der Waals surface area contributed by atoms with Crippen LogP contribution in [0.3, 0.4) is 0 Å². The van der Waals surface area contributed by atoms with Gasteiger partial charge < -0.3 is 14.1 Å². The van der Waals surface area contributed by atoms with Gasteiger partial charge in [-0.2, -0.15) is 0 Å². The smallest absolute Gasteiger partial charge is 0.310 e. The van der Waals surface area contributed by atoms with Gasteiger partial charge in [-0.05, 0) is 20.2 Å². The van der Waals surface area contributed by atoms with Crippen molar-refractivity contribution in [3.8, 4) is 11.3 Å². The average molecular weight is 351 g/mol. The van der Waals surface area contributed by atoms with Crippen LogP contribution in [0.4, 0.5) is 0 Å². The summed E-state index contributed by atoms with van der Waals surface area (Å²) in [5.41, 5.74) is 1.76. The van der Waals surface area contributed by atoms with Crippen LogP contribution < -0.4 is 5.43 Å². The Morgan fingerprint density at radius 3 is 2.58 bits per heavy atom. The van der Waals surface area contributed by atoms with Crippen LogP contribution in [-0.2, 0) is 16.0 Å². The van der Waals surface area contributed by atoms with Gasteiger partial charge in [0.25, 0.3) is 0 Å². The van der Waals surface area contributed by atoms with E-state index in [1.54, 1.807) is 18.2 Å². The van der Waals surface area contributed by atoms with Gasteiger partial charge in [0.1, 0.15) is 18.0 Å². The molecule has 3 rings (SSSR count). The number of para-hydroxylation sites is 1. The molecule has 0 aliphatic heterocycles. The summed E-state index contributed by atoms with van der Waals surface area (Å²) in [4.78, 5) is 26.5. The van der Waals surface area contributed by atoms with Gasteiger partial charge in [-0.3, -0.25) is 9.59 Å². The van der Waals surface area contributed by atoms with Crippen LogP contribution in [0.15, 0.2) is 63.8 Å². The van der Waals surface area contributed by atoms with E-state index in [9.17, 15) is 9.59 Å². The summed E-state index contributed by atoms with van der Waals surface area (Å²) in [7, 11) is 3.83. The molecule has 0 fully saturated rings. The van der Waals surface area contributed by atoms with Crippen LogP contribution in [0.2, 0.25) is 0 Å². The molecule has 0 unspecified atom stereocenters. The van der Waals surface area contributed by atoms with E-state index < -0.39 is 0 Å². The first-order chi connectivity index (χ1) is 12.5. The molecule has 0 N–H and O–H groups in total. The third-order valence-corrected chi connectivity index (χ3v) is 4.03. The van der Waals surface area contributed by atoms with Crippen molar-refractivity contribution in [3.05, 3.63) is 70.4 Å². The highest BCUT2D eigenvalue weighted by atomic mass is 16.5. The topological polar surface area (TPSA) is 59.8 Å². The first-order valence-corrected chi connectivity index (χ1v) is 8.46. The zero-order valence-electron chi connectivity index (χ0n) is 14.9. The number of ether oxygens (including phenoxy) is 1. The fraction of sp³-hybridized carbons (Fsp3) is 0.238. The fourth-order valence-corrected chi connectivity index (χ4v) is 2.67. The SMILES string of the molecule is CN(C)CCOC(=O)Cc1cccc2c(=O)cc(-c3ccccc3)oc12. The first-order valence-electron chi connectivity index (χ1n) is 8.46. The molecule has 1 aromatic heterocycles. The van der Waals surface area contributed by atoms with Gasteiger partial charge >= 0.3 is 5.97 Å². The highest BCUT2D eigenvalue weighted by molar-refractivity contribution is 5.85. The van der Waals surface area contributed by atoms with Gasteiger partial charge in [-0.25, -0.2) is 0 Å². The van der Waals surface area contributed by atoms with Crippen molar-refractivity contribution in [2.75, 3.05) is 27.2 Å². The molecule has 26 heavy (non-hydrogen) atoms. The summed E-state index contributed by atoms with van der Waals surface area (Å²) in [5.74, 6) is 0.142. The van der Waals surface area contributed by atoms with Crippen LogP contribution >= 0.6 is 0 Å². The maximum Gasteiger partial charge on any atom is 0.310 e. The number of hydrogen-bond acceptors (Lipinski definition) is 5. The van der Waals surface area contributed by atoms with Gasteiger partial charge in [0.2, 0.25) is 0 Å². The molecule has 2 aromatic carbocycles. The second-order valence-electron chi connectivity index (χ2n) is 6.34. The molecule has 0 amide bonds. The Morgan fingerprint density at radius 2 is 1.85 bits per heavy atom. The minimum Gasteiger partial charge on any atom is -0.464 e. The fourth-order valence-electron chi connectivity index (χ4n) is 2.67. The first kappa shape index (κ1) is 17.9. The Morgan fingerprint density at radius 1 is 1.08 bits per heavy atom. The number of hydrogen-bond donors (Lipinski definition) is 0. The maximum atomic E-state index is 12.5. The van der Waals surface area contributed by atoms with E-state index in [1.807, 2.05) is 49.3 Å². The van der Waals surface area contributed by atoms with Crippen LogP contribution in [0.1, 0.15) is 5.56 Å². The molecule has 0 radical (unpaired) electrons. The summed E-state index contributed by atoms with van der Waals surface area (Å²) >= 11 is 0. The lowest BCUT2D eigenvalue weighted by Gasteiger charge is -2.11. The number of esters is 1. The number of benzene rings is 2. The highest BCUT2D eigenvalue weighted by Gasteiger charge is 2.13. The summed E-state index contributed by atoms with van der Waals surface area (Å²) in [6.07, 6.45) is 0.0615. The number of carbonyl (C=O) groups is 1. The Labute approximate surface area is 151 Å². The number of likely N-dealkylation sites (N-methyl/N-ethyl adjacent to an activating group) is 1. The lowest BCUT2D eigenvalue weighted by Crippen LogP contribution is -2.20. The third-order valence-electron chi connectivity index (χ3n) is 4.03. The van der Waals surface area contributed by atoms with Gasteiger partial charge in [-0.15, -0.1) is 0 Å². The molecule has 3 aromatic rings. The normalized spacial score (nSPS) is 11.0. The largest absolute Gasteiger partial charge is 0.464 e. The number of nitrogens with zero attached hydrogens (tertiary/aromatic N) is 1. The van der Waals surface area contributed by atoms with Crippen molar-refractivity contribution in [2.24, 2.45) is 0 Å². The van der Waals surface area contributed by atoms with E-state index in [0.717, 1.165) is 5.56 Å². The molecule has 134 valence electrons. The average Bonchev–Trinajstić information content (AvgIpc) is 2.62. The van der Waals surface area contributed by atoms with E-state index in [-0.39, 0.29) is 17.8 Å². The predicted octanol–water partition coefficient (Wildman–Crippen LogP) is 3.11. The van der Waals surface area contributed by atoms with E-state index >= 15 is 0 Å². The third kappa shape index (κ3) is 4.18. The van der Waals surface area contributed by atoms with Gasteiger partial charge in [0.05, 0.1) is 11.8 Å². The lowest BCUT2D eigenvalue weighted by atomic mass is 10.1. The molecule has 5 nitrogen and oxygen atoms in total. The second kappa shape index (κ2) is 7.97. The van der Waals surface area contributed by atoms with Gasteiger partial charge in [0, 0.05) is 23.7 Å². The molecule has 1 heterocycles. The number of carbonyl (C=O) groups excluding carboxylic acids is 1. The number of rotatable bonds is 6. The predicted molar refractivity (Wildman–Crippen MR) is 101 cm³/mol. The Hall–Kier alpha value is -2.92. The Bertz CT molecular complexity index is 961. The molecule has 0 saturated carbocycles. The second-order valence-corrected chi connectivity index (χ2v) is 6.34. The molecule has 0 spiro atoms. The van der Waals surface area contributed by atoms with Gasteiger partial charge in [0.15, 0.2) is 5.43 Å². The lowest BCUT2D eigenvalue weighted by molar-refractivity contribution is -0.143. The molecule has 0 saturated heterocycles. The van der Waals surface area contributed by atoms with E-state index in [2.05, 4.69) is 0 Å². The number of fused-ring (bicyclic) bond motifs is 1. The summed E-state index contributed by atoms with van der Waals surface area (Å²) in [6.45, 7) is 0.990. The summed E-state index contributed by atoms with van der Waals surface area (Å²) in [6, 6.07) is 16.1. The van der Waals surface area contributed by atoms with Gasteiger partial charge in [-0.1, -0.05) is 42.5 Å². The van der Waals surface area contributed by atoms with Crippen molar-refractivity contribution < 1.29 is 13.9 Å². The molecule has 0 aliphatic rings. The van der Waals surface area contributed by atoms with E-state index in [0.29, 0.717) is 35.4 Å². The van der Waals surface area contributed by atoms with Crippen LogP contribution in [-0.4, -0.2) is 38.1 Å². The highest BCUT2D eigenvalue weighted by Crippen LogP contribution is 2.24. The van der Waals surface area contributed by atoms with Crippen molar-refractivity contribution >= 4 is 16.9 Å². The molecular weight excluding hydrogens is 330 g/mol. The van der Waals surface area contributed by atoms with Crippen LogP contribution in [0.5, 0.6) is 0 Å². The molecule has 0 aliphatic carbocycles. The monoisotopic (exact) mass is 351 g/mol. The Kier molecular flexibility index (Phi) is 5.49. The zero-order chi connectivity index (χ0) is 18.5. The Balaban J connectivity index is 1.92. The van der Waals surface area contributed by atoms with Crippen molar-refractivity contribution in [3.63, 3.8) is 0 Å². The summed E-state index contributed by atoms with van der Waals surface area (Å²) in [5, 5.41) is 0.461. The molecule has 0 bridgehead atoms. The summed E-state index contributed by atoms with van der Waals surface area (Å²) < 4.78 is 11.2. The molecule has 5 heteroatoms. The molecular formula is C21H21NO4. The maximum absolute atomic E-state index is 12.5. The zero-order valence-corrected chi connectivity index (χ0v) is 14.9. The van der Waals surface area contributed by atoms with Crippen molar-refractivity contribution in [2.45, 2.75) is 6.42 Å².